The summed E-state index contributed by atoms with van der Waals surface area (Å²) in [5, 5.41) is 2.88. The summed E-state index contributed by atoms with van der Waals surface area (Å²) in [5.74, 6) is 0.559. The van der Waals surface area contributed by atoms with Crippen molar-refractivity contribution < 1.29 is 4.79 Å². The highest BCUT2D eigenvalue weighted by Crippen LogP contribution is 2.32. The molecule has 0 radical (unpaired) electrons. The summed E-state index contributed by atoms with van der Waals surface area (Å²) in [6.45, 7) is 2.36. The standard InChI is InChI=1S/C20H21N5O.ClH/c1-13-5-7-14(8-6-13)17-18(15-4-2-3-11-22-15)25-16(24-17)12-23-19(26)20(21)9-10-20;/h2-8,11H,9-10,12,21H2,1H3,(H,23,26)(H,24,25);1H. The average molecular weight is 384 g/mol. The molecule has 6 nitrogen and oxygen atoms in total. The minimum Gasteiger partial charge on any atom is -0.347 e. The van der Waals surface area contributed by atoms with E-state index in [-0.39, 0.29) is 18.3 Å². The van der Waals surface area contributed by atoms with E-state index >= 15 is 0 Å². The number of nitrogens with two attached hydrogens (primary N) is 1. The zero-order valence-corrected chi connectivity index (χ0v) is 15.8. The monoisotopic (exact) mass is 383 g/mol. The minimum atomic E-state index is -0.684. The molecule has 2 aromatic heterocycles. The fourth-order valence-corrected chi connectivity index (χ4v) is 2.82. The van der Waals surface area contributed by atoms with E-state index in [1.54, 1.807) is 6.20 Å². The molecular formula is C20H22ClN5O. The van der Waals surface area contributed by atoms with Gasteiger partial charge in [0.2, 0.25) is 5.91 Å². The molecule has 27 heavy (non-hydrogen) atoms. The molecule has 1 saturated carbocycles. The zero-order chi connectivity index (χ0) is 18.1. The number of amides is 1. The predicted molar refractivity (Wildman–Crippen MR) is 107 cm³/mol. The highest BCUT2D eigenvalue weighted by molar-refractivity contribution is 5.89. The highest BCUT2D eigenvalue weighted by Gasteiger charge is 2.45. The van der Waals surface area contributed by atoms with E-state index in [9.17, 15) is 4.79 Å². The number of H-pyrrole nitrogens is 1. The van der Waals surface area contributed by atoms with Gasteiger partial charge in [0.1, 0.15) is 5.82 Å². The van der Waals surface area contributed by atoms with Gasteiger partial charge in [-0.05, 0) is 31.9 Å². The van der Waals surface area contributed by atoms with Crippen LogP contribution >= 0.6 is 12.4 Å². The Labute approximate surface area is 164 Å². The maximum absolute atomic E-state index is 12.1. The molecule has 1 aliphatic carbocycles. The molecule has 3 aromatic rings. The number of nitrogens with one attached hydrogen (secondary N) is 2. The smallest absolute Gasteiger partial charge is 0.240 e. The largest absolute Gasteiger partial charge is 0.347 e. The topological polar surface area (TPSA) is 96.7 Å². The normalized spacial score (nSPS) is 14.3. The Bertz CT molecular complexity index is 933. The maximum Gasteiger partial charge on any atom is 0.240 e. The van der Waals surface area contributed by atoms with E-state index in [2.05, 4.69) is 34.3 Å². The van der Waals surface area contributed by atoms with Crippen molar-refractivity contribution >= 4 is 18.3 Å². The van der Waals surface area contributed by atoms with E-state index < -0.39 is 5.54 Å². The summed E-state index contributed by atoms with van der Waals surface area (Å²) in [4.78, 5) is 24.5. The van der Waals surface area contributed by atoms with Crippen LogP contribution < -0.4 is 11.1 Å². The second-order valence-corrected chi connectivity index (χ2v) is 6.83. The van der Waals surface area contributed by atoms with E-state index in [0.29, 0.717) is 12.4 Å². The lowest BCUT2D eigenvalue weighted by molar-refractivity contribution is -0.123. The van der Waals surface area contributed by atoms with Crippen molar-refractivity contribution in [3.8, 4) is 22.6 Å². The molecule has 0 bridgehead atoms. The number of benzene rings is 1. The number of aromatic amines is 1. The summed E-state index contributed by atoms with van der Waals surface area (Å²) < 4.78 is 0. The van der Waals surface area contributed by atoms with Crippen LogP contribution in [0.3, 0.4) is 0 Å². The highest BCUT2D eigenvalue weighted by atomic mass is 35.5. The van der Waals surface area contributed by atoms with Crippen LogP contribution in [0.25, 0.3) is 22.6 Å². The number of carbonyl (C=O) groups excluding carboxylic acids is 1. The molecule has 4 N–H and O–H groups in total. The molecule has 1 aromatic carbocycles. The van der Waals surface area contributed by atoms with Gasteiger partial charge < -0.3 is 16.0 Å². The SMILES string of the molecule is Cc1ccc(-c2nc(CNC(=O)C3(N)CC3)[nH]c2-c2ccccn2)cc1.Cl. The summed E-state index contributed by atoms with van der Waals surface area (Å²) in [6.07, 6.45) is 3.23. The Balaban J connectivity index is 0.00000210. The third kappa shape index (κ3) is 4.02. The van der Waals surface area contributed by atoms with Gasteiger partial charge in [-0.15, -0.1) is 12.4 Å². The molecule has 2 heterocycles. The van der Waals surface area contributed by atoms with Crippen LogP contribution in [0.15, 0.2) is 48.7 Å². The molecule has 0 spiro atoms. The number of pyridine rings is 1. The Hall–Kier alpha value is -2.70. The van der Waals surface area contributed by atoms with E-state index in [1.165, 1.54) is 5.56 Å². The molecule has 1 fully saturated rings. The first kappa shape index (κ1) is 19.1. The van der Waals surface area contributed by atoms with Gasteiger partial charge in [0.25, 0.3) is 0 Å². The van der Waals surface area contributed by atoms with Crippen LogP contribution in [0.5, 0.6) is 0 Å². The Morgan fingerprint density at radius 1 is 1.22 bits per heavy atom. The number of carbonyl (C=O) groups is 1. The number of nitrogens with zero attached hydrogens (tertiary/aromatic N) is 2. The molecule has 0 saturated heterocycles. The van der Waals surface area contributed by atoms with Gasteiger partial charge in [0.05, 0.1) is 29.2 Å². The molecule has 140 valence electrons. The van der Waals surface area contributed by atoms with Gasteiger partial charge >= 0.3 is 0 Å². The van der Waals surface area contributed by atoms with Gasteiger partial charge in [0, 0.05) is 11.8 Å². The van der Waals surface area contributed by atoms with E-state index in [1.807, 2.05) is 30.3 Å². The van der Waals surface area contributed by atoms with Crippen molar-refractivity contribution in [2.45, 2.75) is 31.8 Å². The Kier molecular flexibility index (Phi) is 5.30. The first-order valence-corrected chi connectivity index (χ1v) is 8.70. The summed E-state index contributed by atoms with van der Waals surface area (Å²) in [7, 11) is 0. The fraction of sp³-hybridized carbons (Fsp3) is 0.250. The van der Waals surface area contributed by atoms with Crippen molar-refractivity contribution in [3.63, 3.8) is 0 Å². The number of aromatic nitrogens is 3. The molecule has 1 aliphatic rings. The summed E-state index contributed by atoms with van der Waals surface area (Å²) >= 11 is 0. The second-order valence-electron chi connectivity index (χ2n) is 6.83. The molecule has 0 unspecified atom stereocenters. The van der Waals surface area contributed by atoms with Crippen molar-refractivity contribution in [2.75, 3.05) is 0 Å². The van der Waals surface area contributed by atoms with Crippen LogP contribution in [0.1, 0.15) is 24.2 Å². The number of rotatable bonds is 5. The van der Waals surface area contributed by atoms with Gasteiger partial charge in [-0.1, -0.05) is 35.9 Å². The van der Waals surface area contributed by atoms with Gasteiger partial charge in [-0.2, -0.15) is 0 Å². The van der Waals surface area contributed by atoms with Crippen molar-refractivity contribution in [2.24, 2.45) is 5.73 Å². The Morgan fingerprint density at radius 3 is 2.59 bits per heavy atom. The fourth-order valence-electron chi connectivity index (χ4n) is 2.82. The van der Waals surface area contributed by atoms with Crippen LogP contribution in [0.2, 0.25) is 0 Å². The average Bonchev–Trinajstić information content (AvgIpc) is 3.28. The van der Waals surface area contributed by atoms with Crippen LogP contribution in [-0.4, -0.2) is 26.4 Å². The van der Waals surface area contributed by atoms with Gasteiger partial charge in [-0.25, -0.2) is 4.98 Å². The number of hydrogen-bond acceptors (Lipinski definition) is 4. The predicted octanol–water partition coefficient (Wildman–Crippen LogP) is 2.98. The third-order valence-corrected chi connectivity index (χ3v) is 4.66. The zero-order valence-electron chi connectivity index (χ0n) is 15.0. The van der Waals surface area contributed by atoms with Crippen LogP contribution in [0.4, 0.5) is 0 Å². The lowest BCUT2D eigenvalue weighted by atomic mass is 10.1. The summed E-state index contributed by atoms with van der Waals surface area (Å²) in [6, 6.07) is 13.9. The van der Waals surface area contributed by atoms with E-state index in [4.69, 9.17) is 10.7 Å². The molecule has 0 aliphatic heterocycles. The number of hydrogen-bond donors (Lipinski definition) is 3. The molecular weight excluding hydrogens is 362 g/mol. The lowest BCUT2D eigenvalue weighted by Crippen LogP contribution is -2.42. The quantitative estimate of drug-likeness (QED) is 0.631. The summed E-state index contributed by atoms with van der Waals surface area (Å²) in [5.41, 5.74) is 9.91. The molecule has 0 atom stereocenters. The Morgan fingerprint density at radius 2 is 1.96 bits per heavy atom. The first-order valence-electron chi connectivity index (χ1n) is 8.70. The maximum atomic E-state index is 12.1. The number of halogens is 1. The van der Waals surface area contributed by atoms with Crippen LogP contribution in [-0.2, 0) is 11.3 Å². The van der Waals surface area contributed by atoms with Crippen molar-refractivity contribution in [1.29, 1.82) is 0 Å². The number of imidazole rings is 1. The van der Waals surface area contributed by atoms with E-state index in [0.717, 1.165) is 35.5 Å². The van der Waals surface area contributed by atoms with Gasteiger partial charge in [0.15, 0.2) is 0 Å². The van der Waals surface area contributed by atoms with Crippen molar-refractivity contribution in [3.05, 3.63) is 60.0 Å². The second kappa shape index (κ2) is 7.50. The number of aryl methyl sites for hydroxylation is 1. The molecule has 7 heteroatoms. The third-order valence-electron chi connectivity index (χ3n) is 4.66. The van der Waals surface area contributed by atoms with Gasteiger partial charge in [-0.3, -0.25) is 9.78 Å². The first-order chi connectivity index (χ1) is 12.5. The lowest BCUT2D eigenvalue weighted by Gasteiger charge is -2.08. The minimum absolute atomic E-state index is 0. The van der Waals surface area contributed by atoms with Crippen LogP contribution in [0, 0.1) is 6.92 Å². The molecule has 1 amide bonds. The van der Waals surface area contributed by atoms with Crippen molar-refractivity contribution in [1.82, 2.24) is 20.3 Å². The molecule has 4 rings (SSSR count).